The number of nitrogens with zero attached hydrogens (tertiary/aromatic N) is 2. The third kappa shape index (κ3) is 2.85. The second-order valence-corrected chi connectivity index (χ2v) is 4.53. The van der Waals surface area contributed by atoms with Crippen LogP contribution in [0.1, 0.15) is 5.56 Å². The molecule has 3 aromatic rings. The molecule has 0 spiro atoms. The molecule has 1 aromatic heterocycles. The first kappa shape index (κ1) is 12.4. The molecule has 4 heteroatoms. The summed E-state index contributed by atoms with van der Waals surface area (Å²) in [5.41, 5.74) is 7.65. The number of hydrogen-bond donors (Lipinski definition) is 1. The van der Waals surface area contributed by atoms with Crippen molar-refractivity contribution in [2.75, 3.05) is 12.3 Å². The molecule has 4 nitrogen and oxygen atoms in total. The van der Waals surface area contributed by atoms with Crippen LogP contribution in [0.25, 0.3) is 10.9 Å². The van der Waals surface area contributed by atoms with Crippen LogP contribution >= 0.6 is 0 Å². The maximum absolute atomic E-state index is 5.76. The van der Waals surface area contributed by atoms with Crippen LogP contribution in [0.5, 0.6) is 5.75 Å². The van der Waals surface area contributed by atoms with E-state index in [1.54, 1.807) is 6.20 Å². The highest BCUT2D eigenvalue weighted by molar-refractivity contribution is 5.79. The smallest absolute Gasteiger partial charge is 0.220 e. The summed E-state index contributed by atoms with van der Waals surface area (Å²) >= 11 is 0. The number of benzene rings is 2. The van der Waals surface area contributed by atoms with E-state index in [-0.39, 0.29) is 5.95 Å². The van der Waals surface area contributed by atoms with Crippen LogP contribution < -0.4 is 10.5 Å². The van der Waals surface area contributed by atoms with E-state index in [1.165, 1.54) is 5.56 Å². The number of ether oxygens (including phenoxy) is 1. The Bertz CT molecular complexity index is 713. The molecular formula is C16H15N3O. The van der Waals surface area contributed by atoms with E-state index < -0.39 is 0 Å². The molecular weight excluding hydrogens is 250 g/mol. The fourth-order valence-electron chi connectivity index (χ4n) is 2.04. The lowest BCUT2D eigenvalue weighted by atomic mass is 10.2. The topological polar surface area (TPSA) is 61.0 Å². The first-order valence-corrected chi connectivity index (χ1v) is 6.50. The van der Waals surface area contributed by atoms with E-state index in [0.29, 0.717) is 6.61 Å². The van der Waals surface area contributed by atoms with Gasteiger partial charge in [-0.15, -0.1) is 0 Å². The highest BCUT2D eigenvalue weighted by Gasteiger charge is 2.00. The highest BCUT2D eigenvalue weighted by atomic mass is 16.5. The number of nitrogens with two attached hydrogens (primary N) is 1. The van der Waals surface area contributed by atoms with Crippen molar-refractivity contribution >= 4 is 16.9 Å². The molecule has 0 unspecified atom stereocenters. The molecule has 0 bridgehead atoms. The second kappa shape index (κ2) is 5.57. The zero-order valence-electron chi connectivity index (χ0n) is 11.0. The Morgan fingerprint density at radius 3 is 2.75 bits per heavy atom. The van der Waals surface area contributed by atoms with Gasteiger partial charge in [0.1, 0.15) is 5.75 Å². The Labute approximate surface area is 117 Å². The largest absolute Gasteiger partial charge is 0.493 e. The van der Waals surface area contributed by atoms with Gasteiger partial charge in [-0.25, -0.2) is 9.97 Å². The second-order valence-electron chi connectivity index (χ2n) is 4.53. The molecule has 0 atom stereocenters. The van der Waals surface area contributed by atoms with E-state index in [0.717, 1.165) is 23.1 Å². The van der Waals surface area contributed by atoms with E-state index in [1.807, 2.05) is 36.4 Å². The molecule has 100 valence electrons. The van der Waals surface area contributed by atoms with Gasteiger partial charge in [0.25, 0.3) is 0 Å². The van der Waals surface area contributed by atoms with E-state index >= 15 is 0 Å². The van der Waals surface area contributed by atoms with Crippen molar-refractivity contribution < 1.29 is 4.74 Å². The predicted octanol–water partition coefficient (Wildman–Crippen LogP) is 2.83. The Hall–Kier alpha value is -2.62. The summed E-state index contributed by atoms with van der Waals surface area (Å²) in [5, 5.41) is 0.953. The first-order chi connectivity index (χ1) is 9.81. The van der Waals surface area contributed by atoms with Crippen molar-refractivity contribution in [3.8, 4) is 5.75 Å². The molecule has 0 aliphatic carbocycles. The van der Waals surface area contributed by atoms with Crippen molar-refractivity contribution in [2.45, 2.75) is 6.42 Å². The number of hydrogen-bond acceptors (Lipinski definition) is 4. The van der Waals surface area contributed by atoms with Gasteiger partial charge in [0.05, 0.1) is 12.1 Å². The SMILES string of the molecule is Nc1ncc2ccc(OCCc3ccccc3)cc2n1. The van der Waals surface area contributed by atoms with Crippen LogP contribution in [-0.4, -0.2) is 16.6 Å². The molecule has 2 aromatic carbocycles. The van der Waals surface area contributed by atoms with Crippen LogP contribution in [0.2, 0.25) is 0 Å². The van der Waals surface area contributed by atoms with Gasteiger partial charge in [-0.3, -0.25) is 0 Å². The summed E-state index contributed by atoms with van der Waals surface area (Å²) in [4.78, 5) is 8.15. The van der Waals surface area contributed by atoms with Gasteiger partial charge in [-0.05, 0) is 17.7 Å². The number of fused-ring (bicyclic) bond motifs is 1. The van der Waals surface area contributed by atoms with Gasteiger partial charge in [-0.1, -0.05) is 30.3 Å². The summed E-state index contributed by atoms with van der Waals surface area (Å²) in [5.74, 6) is 1.07. The summed E-state index contributed by atoms with van der Waals surface area (Å²) in [7, 11) is 0. The van der Waals surface area contributed by atoms with Crippen molar-refractivity contribution in [2.24, 2.45) is 0 Å². The molecule has 1 heterocycles. The molecule has 0 saturated heterocycles. The number of aromatic nitrogens is 2. The standard InChI is InChI=1S/C16H15N3O/c17-16-18-11-13-6-7-14(10-15(13)19-16)20-9-8-12-4-2-1-3-5-12/h1-7,10-11H,8-9H2,(H2,17,18,19). The maximum Gasteiger partial charge on any atom is 0.220 e. The average Bonchev–Trinajstić information content (AvgIpc) is 2.48. The third-order valence-electron chi connectivity index (χ3n) is 3.08. The lowest BCUT2D eigenvalue weighted by Gasteiger charge is -2.07. The van der Waals surface area contributed by atoms with Crippen LogP contribution in [-0.2, 0) is 6.42 Å². The lowest BCUT2D eigenvalue weighted by Crippen LogP contribution is -2.01. The average molecular weight is 265 g/mol. The van der Waals surface area contributed by atoms with Gasteiger partial charge < -0.3 is 10.5 Å². The predicted molar refractivity (Wildman–Crippen MR) is 79.6 cm³/mol. The van der Waals surface area contributed by atoms with Gasteiger partial charge in [0.15, 0.2) is 0 Å². The molecule has 2 N–H and O–H groups in total. The fourth-order valence-corrected chi connectivity index (χ4v) is 2.04. The van der Waals surface area contributed by atoms with E-state index in [9.17, 15) is 0 Å². The molecule has 3 rings (SSSR count). The number of rotatable bonds is 4. The Kier molecular flexibility index (Phi) is 3.46. The van der Waals surface area contributed by atoms with Crippen LogP contribution in [0, 0.1) is 0 Å². The normalized spacial score (nSPS) is 10.6. The first-order valence-electron chi connectivity index (χ1n) is 6.50. The highest BCUT2D eigenvalue weighted by Crippen LogP contribution is 2.19. The zero-order valence-corrected chi connectivity index (χ0v) is 11.0. The van der Waals surface area contributed by atoms with Crippen molar-refractivity contribution in [3.63, 3.8) is 0 Å². The maximum atomic E-state index is 5.76. The Morgan fingerprint density at radius 1 is 1.05 bits per heavy atom. The monoisotopic (exact) mass is 265 g/mol. The quantitative estimate of drug-likeness (QED) is 0.788. The molecule has 0 saturated carbocycles. The van der Waals surface area contributed by atoms with E-state index in [2.05, 4.69) is 22.1 Å². The minimum absolute atomic E-state index is 0.277. The van der Waals surface area contributed by atoms with E-state index in [4.69, 9.17) is 10.5 Å². The summed E-state index contributed by atoms with van der Waals surface area (Å²) < 4.78 is 5.76. The molecule has 0 amide bonds. The van der Waals surface area contributed by atoms with Gasteiger partial charge in [0, 0.05) is 24.1 Å². The lowest BCUT2D eigenvalue weighted by molar-refractivity contribution is 0.322. The van der Waals surface area contributed by atoms with Crippen molar-refractivity contribution in [1.82, 2.24) is 9.97 Å². The number of anilines is 1. The Morgan fingerprint density at radius 2 is 1.90 bits per heavy atom. The van der Waals surface area contributed by atoms with Crippen LogP contribution in [0.15, 0.2) is 54.7 Å². The van der Waals surface area contributed by atoms with Crippen LogP contribution in [0.4, 0.5) is 5.95 Å². The third-order valence-corrected chi connectivity index (χ3v) is 3.08. The summed E-state index contributed by atoms with van der Waals surface area (Å²) in [6, 6.07) is 16.0. The summed E-state index contributed by atoms with van der Waals surface area (Å²) in [6.45, 7) is 0.635. The minimum atomic E-state index is 0.277. The molecule has 0 fully saturated rings. The minimum Gasteiger partial charge on any atom is -0.493 e. The zero-order chi connectivity index (χ0) is 13.8. The van der Waals surface area contributed by atoms with Crippen molar-refractivity contribution in [3.05, 3.63) is 60.3 Å². The fraction of sp³-hybridized carbons (Fsp3) is 0.125. The molecule has 20 heavy (non-hydrogen) atoms. The van der Waals surface area contributed by atoms with Gasteiger partial charge in [0.2, 0.25) is 5.95 Å². The van der Waals surface area contributed by atoms with Crippen LogP contribution in [0.3, 0.4) is 0 Å². The van der Waals surface area contributed by atoms with Crippen molar-refractivity contribution in [1.29, 1.82) is 0 Å². The molecule has 0 radical (unpaired) electrons. The van der Waals surface area contributed by atoms with Gasteiger partial charge in [-0.2, -0.15) is 0 Å². The number of nitrogen functional groups attached to an aromatic ring is 1. The van der Waals surface area contributed by atoms with Gasteiger partial charge >= 0.3 is 0 Å². The molecule has 0 aliphatic heterocycles. The Balaban J connectivity index is 1.68. The molecule has 0 aliphatic rings. The summed E-state index contributed by atoms with van der Waals surface area (Å²) in [6.07, 6.45) is 2.59.